The first-order valence-electron chi connectivity index (χ1n) is 2.45. The Labute approximate surface area is 168 Å². The van der Waals surface area contributed by atoms with Crippen LogP contribution in [-0.4, -0.2) is 21.6 Å². The zero-order valence-corrected chi connectivity index (χ0v) is 16.2. The first kappa shape index (κ1) is 26.7. The van der Waals surface area contributed by atoms with Gasteiger partial charge in [0.15, 0.2) is 0 Å². The van der Waals surface area contributed by atoms with Crippen molar-refractivity contribution in [1.29, 1.82) is 0 Å². The number of rotatable bonds is 2. The van der Waals surface area contributed by atoms with E-state index in [1.54, 1.807) is 31.9 Å². The third kappa shape index (κ3) is 18.6. The molecule has 0 aliphatic heterocycles. The molecule has 84 valence electrons. The van der Waals surface area contributed by atoms with E-state index in [9.17, 15) is 17.6 Å². The number of aliphatic carboxylic acids is 2. The van der Waals surface area contributed by atoms with Crippen molar-refractivity contribution in [3.8, 4) is 0 Å². The zero-order chi connectivity index (χ0) is 12.2. The van der Waals surface area contributed by atoms with Gasteiger partial charge in [-0.2, -0.15) is 17.6 Å². The standard InChI is InChI=1S/2C2HBrF2O2.K.Na/c2*3-2(4,5)1(6)7;;/h2*(H,6,7);;/q;;2*+1/p-2. The predicted octanol–water partition coefficient (Wildman–Crippen LogP) is -6.54. The molecular weight excluding hydrogens is 410 g/mol. The molecular formula is C4Br2F4KNaO4. The number of carboxylic acid groups (broad SMARTS) is 2. The van der Waals surface area contributed by atoms with E-state index >= 15 is 0 Å². The van der Waals surface area contributed by atoms with Crippen molar-refractivity contribution in [3.05, 3.63) is 0 Å². The molecule has 0 heterocycles. The third-order valence-electron chi connectivity index (χ3n) is 0.463. The second-order valence-corrected chi connectivity index (χ2v) is 3.56. The van der Waals surface area contributed by atoms with Gasteiger partial charge in [0, 0.05) is 0 Å². The number of carbonyl (C=O) groups is 2. The molecule has 0 saturated carbocycles. The van der Waals surface area contributed by atoms with E-state index in [0.29, 0.717) is 0 Å². The van der Waals surface area contributed by atoms with Crippen LogP contribution in [0.25, 0.3) is 0 Å². The summed E-state index contributed by atoms with van der Waals surface area (Å²) in [6.07, 6.45) is 0. The molecule has 0 spiro atoms. The normalized spacial score (nSPS) is 9.88. The minimum Gasteiger partial charge on any atom is -0.543 e. The van der Waals surface area contributed by atoms with Crippen LogP contribution in [0.1, 0.15) is 0 Å². The predicted molar refractivity (Wildman–Crippen MR) is 37.8 cm³/mol. The fourth-order valence-corrected chi connectivity index (χ4v) is 0. The topological polar surface area (TPSA) is 80.3 Å². The van der Waals surface area contributed by atoms with Crippen LogP contribution in [0.15, 0.2) is 0 Å². The Bertz CT molecular complexity index is 207. The molecule has 0 rings (SSSR count). The van der Waals surface area contributed by atoms with Crippen LogP contribution in [0.3, 0.4) is 0 Å². The molecule has 4 nitrogen and oxygen atoms in total. The molecule has 0 bridgehead atoms. The van der Waals surface area contributed by atoms with Gasteiger partial charge in [0.1, 0.15) is 11.9 Å². The van der Waals surface area contributed by atoms with Gasteiger partial charge in [0.25, 0.3) is 0 Å². The summed E-state index contributed by atoms with van der Waals surface area (Å²) >= 11 is 3.09. The van der Waals surface area contributed by atoms with Crippen molar-refractivity contribution in [2.45, 2.75) is 9.66 Å². The molecule has 0 amide bonds. The summed E-state index contributed by atoms with van der Waals surface area (Å²) < 4.78 is 44.4. The first-order chi connectivity index (χ1) is 5.89. The molecule has 16 heavy (non-hydrogen) atoms. The minimum atomic E-state index is -3.88. The van der Waals surface area contributed by atoms with Crippen LogP contribution in [0.5, 0.6) is 0 Å². The second kappa shape index (κ2) is 11.1. The van der Waals surface area contributed by atoms with Crippen molar-refractivity contribution >= 4 is 43.8 Å². The molecule has 0 radical (unpaired) electrons. The molecule has 0 atom stereocenters. The summed E-state index contributed by atoms with van der Waals surface area (Å²) in [5.41, 5.74) is 0. The Morgan fingerprint density at radius 2 is 0.938 bits per heavy atom. The molecule has 0 aliphatic carbocycles. The quantitative estimate of drug-likeness (QED) is 0.258. The average Bonchev–Trinajstić information content (AvgIpc) is 1.83. The number of carboxylic acids is 2. The average molecular weight is 410 g/mol. The van der Waals surface area contributed by atoms with E-state index in [1.807, 2.05) is 0 Å². The fraction of sp³-hybridized carbons (Fsp3) is 0.500. The van der Waals surface area contributed by atoms with E-state index in [2.05, 4.69) is 0 Å². The fourth-order valence-electron chi connectivity index (χ4n) is 0. The zero-order valence-electron chi connectivity index (χ0n) is 7.90. The van der Waals surface area contributed by atoms with E-state index in [4.69, 9.17) is 19.8 Å². The number of hydrogen-bond donors (Lipinski definition) is 0. The van der Waals surface area contributed by atoms with Gasteiger partial charge in [-0.15, -0.1) is 0 Å². The van der Waals surface area contributed by atoms with Gasteiger partial charge in [-0.25, -0.2) is 0 Å². The molecule has 0 fully saturated rings. The van der Waals surface area contributed by atoms with Gasteiger partial charge in [-0.1, -0.05) is 0 Å². The molecule has 0 N–H and O–H groups in total. The monoisotopic (exact) mass is 408 g/mol. The maximum atomic E-state index is 11.1. The van der Waals surface area contributed by atoms with Crippen LogP contribution >= 0.6 is 31.9 Å². The van der Waals surface area contributed by atoms with Crippen molar-refractivity contribution < 1.29 is 118 Å². The summed E-state index contributed by atoms with van der Waals surface area (Å²) in [5, 5.41) is 18.2. The van der Waals surface area contributed by atoms with Crippen LogP contribution in [0, 0.1) is 0 Å². The summed E-state index contributed by atoms with van der Waals surface area (Å²) in [6.45, 7) is 0. The molecule has 0 aromatic heterocycles. The van der Waals surface area contributed by atoms with Crippen LogP contribution in [-0.2, 0) is 9.59 Å². The van der Waals surface area contributed by atoms with Crippen molar-refractivity contribution in [2.24, 2.45) is 0 Å². The number of halogens is 6. The Kier molecular flexibility index (Phi) is 18.6. The van der Waals surface area contributed by atoms with Crippen LogP contribution in [0.4, 0.5) is 17.6 Å². The van der Waals surface area contributed by atoms with Crippen molar-refractivity contribution in [3.63, 3.8) is 0 Å². The van der Waals surface area contributed by atoms with E-state index in [0.717, 1.165) is 0 Å². The molecule has 12 heteroatoms. The molecule has 0 aromatic rings. The number of carbonyl (C=O) groups excluding carboxylic acids is 2. The Balaban J connectivity index is -0.0000000800. The van der Waals surface area contributed by atoms with Gasteiger partial charge in [0.2, 0.25) is 0 Å². The smallest absolute Gasteiger partial charge is 0.543 e. The van der Waals surface area contributed by atoms with E-state index in [1.165, 1.54) is 0 Å². The van der Waals surface area contributed by atoms with Gasteiger partial charge >= 0.3 is 90.6 Å². The molecule has 0 aliphatic rings. The second-order valence-electron chi connectivity index (χ2n) is 1.57. The Hall–Kier alpha value is 2.26. The SMILES string of the molecule is O=C([O-])C(F)(F)Br.O=C([O-])C(F)(F)Br.[K+].[Na+]. The van der Waals surface area contributed by atoms with Crippen LogP contribution < -0.4 is 91.2 Å². The molecule has 0 unspecified atom stereocenters. The van der Waals surface area contributed by atoms with Crippen molar-refractivity contribution in [2.75, 3.05) is 0 Å². The largest absolute Gasteiger partial charge is 1.00 e. The number of alkyl halides is 6. The summed E-state index contributed by atoms with van der Waals surface area (Å²) in [4.78, 5) is 10.5. The van der Waals surface area contributed by atoms with Crippen LogP contribution in [0.2, 0.25) is 0 Å². The van der Waals surface area contributed by atoms with Gasteiger partial charge in [-0.3, -0.25) is 0 Å². The van der Waals surface area contributed by atoms with E-state index in [-0.39, 0.29) is 80.9 Å². The maximum absolute atomic E-state index is 11.1. The Morgan fingerprint density at radius 1 is 0.875 bits per heavy atom. The Morgan fingerprint density at radius 3 is 0.938 bits per heavy atom. The third-order valence-corrected chi connectivity index (χ3v) is 1.11. The van der Waals surface area contributed by atoms with Gasteiger partial charge in [-0.05, 0) is 31.9 Å². The first-order valence-corrected chi connectivity index (χ1v) is 4.04. The maximum Gasteiger partial charge on any atom is 1.00 e. The van der Waals surface area contributed by atoms with Crippen molar-refractivity contribution in [1.82, 2.24) is 0 Å². The van der Waals surface area contributed by atoms with E-state index < -0.39 is 21.6 Å². The minimum absolute atomic E-state index is 0. The van der Waals surface area contributed by atoms with Gasteiger partial charge in [0.05, 0.1) is 0 Å². The summed E-state index contributed by atoms with van der Waals surface area (Å²) in [6, 6.07) is 0. The summed E-state index contributed by atoms with van der Waals surface area (Å²) in [7, 11) is 0. The number of hydrogen-bond acceptors (Lipinski definition) is 4. The molecule has 0 aromatic carbocycles. The van der Waals surface area contributed by atoms with Gasteiger partial charge < -0.3 is 19.8 Å². The summed E-state index contributed by atoms with van der Waals surface area (Å²) in [5.74, 6) is -4.85. The molecule has 0 saturated heterocycles.